The van der Waals surface area contributed by atoms with E-state index in [1.807, 2.05) is 40.0 Å². The van der Waals surface area contributed by atoms with E-state index in [0.717, 1.165) is 16.8 Å². The number of nitrogens with one attached hydrogen (secondary N) is 1. The van der Waals surface area contributed by atoms with E-state index < -0.39 is 0 Å². The molecule has 2 aromatic rings. The van der Waals surface area contributed by atoms with Crippen LogP contribution in [-0.4, -0.2) is 14.7 Å². The minimum absolute atomic E-state index is 0.0664. The average Bonchev–Trinajstić information content (AvgIpc) is 2.79. The molecule has 6 nitrogen and oxygen atoms in total. The van der Waals surface area contributed by atoms with Crippen molar-refractivity contribution in [2.24, 2.45) is 7.05 Å². The van der Waals surface area contributed by atoms with Crippen LogP contribution in [0.25, 0.3) is 0 Å². The summed E-state index contributed by atoms with van der Waals surface area (Å²) in [5, 5.41) is 18.5. The van der Waals surface area contributed by atoms with Crippen LogP contribution < -0.4 is 5.32 Å². The molecule has 0 fully saturated rings. The number of nitro benzene ring substituents is 1. The van der Waals surface area contributed by atoms with Gasteiger partial charge in [0.25, 0.3) is 5.69 Å². The van der Waals surface area contributed by atoms with Gasteiger partial charge in [-0.25, -0.2) is 0 Å². The first-order valence-corrected chi connectivity index (χ1v) is 6.40. The van der Waals surface area contributed by atoms with Crippen LogP contribution in [0.5, 0.6) is 0 Å². The van der Waals surface area contributed by atoms with Gasteiger partial charge in [-0.15, -0.1) is 0 Å². The highest BCUT2D eigenvalue weighted by atomic mass is 16.6. The molecule has 2 rings (SSSR count). The van der Waals surface area contributed by atoms with Crippen molar-refractivity contribution in [1.82, 2.24) is 9.78 Å². The molecule has 1 aromatic carbocycles. The van der Waals surface area contributed by atoms with Crippen molar-refractivity contribution in [2.45, 2.75) is 26.8 Å². The van der Waals surface area contributed by atoms with Gasteiger partial charge in [-0.1, -0.05) is 0 Å². The number of rotatable bonds is 4. The maximum Gasteiger partial charge on any atom is 0.292 e. The molecule has 0 aliphatic heterocycles. The standard InChI is InChI=1S/C14H18N4O2/c1-9-7-12(14(18(19)20)8-10(9)2)16-11(3)13-5-6-15-17(13)4/h5-8,11,16H,1-4H3. The number of aromatic nitrogens is 2. The summed E-state index contributed by atoms with van der Waals surface area (Å²) in [6.45, 7) is 5.77. The molecule has 1 N–H and O–H groups in total. The molecule has 0 saturated heterocycles. The first-order valence-electron chi connectivity index (χ1n) is 6.40. The molecule has 1 heterocycles. The Bertz CT molecular complexity index is 649. The molecule has 0 bridgehead atoms. The van der Waals surface area contributed by atoms with E-state index in [4.69, 9.17) is 0 Å². The van der Waals surface area contributed by atoms with Gasteiger partial charge in [0, 0.05) is 19.3 Å². The molecule has 0 aliphatic carbocycles. The second kappa shape index (κ2) is 5.32. The summed E-state index contributed by atoms with van der Waals surface area (Å²) in [5.74, 6) is 0. The van der Waals surface area contributed by atoms with Gasteiger partial charge in [0.2, 0.25) is 0 Å². The van der Waals surface area contributed by atoms with Crippen LogP contribution in [0.15, 0.2) is 24.4 Å². The highest BCUT2D eigenvalue weighted by Gasteiger charge is 2.18. The van der Waals surface area contributed by atoms with Crippen molar-refractivity contribution in [2.75, 3.05) is 5.32 Å². The summed E-state index contributed by atoms with van der Waals surface area (Å²) in [4.78, 5) is 10.8. The Hall–Kier alpha value is -2.37. The van der Waals surface area contributed by atoms with Crippen LogP contribution in [0.2, 0.25) is 0 Å². The van der Waals surface area contributed by atoms with Crippen LogP contribution in [0, 0.1) is 24.0 Å². The fraction of sp³-hybridized carbons (Fsp3) is 0.357. The molecule has 1 atom stereocenters. The number of aryl methyl sites for hydroxylation is 3. The lowest BCUT2D eigenvalue weighted by Crippen LogP contribution is -2.12. The lowest BCUT2D eigenvalue weighted by Gasteiger charge is -2.16. The number of hydrogen-bond acceptors (Lipinski definition) is 4. The molecule has 0 radical (unpaired) electrons. The van der Waals surface area contributed by atoms with Crippen LogP contribution in [0.3, 0.4) is 0 Å². The van der Waals surface area contributed by atoms with Gasteiger partial charge in [-0.05, 0) is 44.0 Å². The first kappa shape index (κ1) is 14.0. The third kappa shape index (κ3) is 2.64. The number of nitro groups is 1. The Kier molecular flexibility index (Phi) is 3.74. The van der Waals surface area contributed by atoms with E-state index >= 15 is 0 Å². The van der Waals surface area contributed by atoms with E-state index in [1.165, 1.54) is 0 Å². The van der Waals surface area contributed by atoms with Gasteiger partial charge in [-0.3, -0.25) is 14.8 Å². The molecule has 0 amide bonds. The van der Waals surface area contributed by atoms with E-state index in [1.54, 1.807) is 16.9 Å². The fourth-order valence-corrected chi connectivity index (χ4v) is 2.18. The predicted molar refractivity (Wildman–Crippen MR) is 77.8 cm³/mol. The maximum atomic E-state index is 11.2. The summed E-state index contributed by atoms with van der Waals surface area (Å²) < 4.78 is 1.75. The normalized spacial score (nSPS) is 12.2. The number of benzene rings is 1. The molecule has 0 spiro atoms. The monoisotopic (exact) mass is 274 g/mol. The van der Waals surface area contributed by atoms with Gasteiger partial charge < -0.3 is 5.32 Å². The van der Waals surface area contributed by atoms with Crippen molar-refractivity contribution in [1.29, 1.82) is 0 Å². The Morgan fingerprint density at radius 2 is 2.00 bits per heavy atom. The van der Waals surface area contributed by atoms with Crippen molar-refractivity contribution in [3.8, 4) is 0 Å². The van der Waals surface area contributed by atoms with Crippen LogP contribution in [0.1, 0.15) is 29.8 Å². The summed E-state index contributed by atoms with van der Waals surface area (Å²) in [5.41, 5.74) is 3.54. The zero-order valence-electron chi connectivity index (χ0n) is 12.0. The minimum Gasteiger partial charge on any atom is -0.371 e. The van der Waals surface area contributed by atoms with E-state index in [2.05, 4.69) is 10.4 Å². The Morgan fingerprint density at radius 1 is 1.35 bits per heavy atom. The zero-order valence-corrected chi connectivity index (χ0v) is 12.0. The summed E-state index contributed by atoms with van der Waals surface area (Å²) in [6.07, 6.45) is 1.71. The number of nitrogens with zero attached hydrogens (tertiary/aromatic N) is 3. The smallest absolute Gasteiger partial charge is 0.292 e. The second-order valence-corrected chi connectivity index (χ2v) is 4.96. The Balaban J connectivity index is 2.36. The van der Waals surface area contributed by atoms with Crippen molar-refractivity contribution in [3.63, 3.8) is 0 Å². The highest BCUT2D eigenvalue weighted by Crippen LogP contribution is 2.30. The topological polar surface area (TPSA) is 73.0 Å². The lowest BCUT2D eigenvalue weighted by molar-refractivity contribution is -0.384. The lowest BCUT2D eigenvalue weighted by atomic mass is 10.1. The number of anilines is 1. The SMILES string of the molecule is Cc1cc(NC(C)c2ccnn2C)c([N+](=O)[O-])cc1C. The van der Waals surface area contributed by atoms with Gasteiger partial charge >= 0.3 is 0 Å². The minimum atomic E-state index is -0.356. The molecule has 1 aromatic heterocycles. The van der Waals surface area contributed by atoms with E-state index in [9.17, 15) is 10.1 Å². The predicted octanol–water partition coefficient (Wildman–Crippen LogP) is 3.12. The third-order valence-corrected chi connectivity index (χ3v) is 3.48. The quantitative estimate of drug-likeness (QED) is 0.686. The zero-order chi connectivity index (χ0) is 14.9. The summed E-state index contributed by atoms with van der Waals surface area (Å²) in [7, 11) is 1.85. The van der Waals surface area contributed by atoms with Crippen LogP contribution in [-0.2, 0) is 7.05 Å². The molecular weight excluding hydrogens is 256 g/mol. The summed E-state index contributed by atoms with van der Waals surface area (Å²) >= 11 is 0. The van der Waals surface area contributed by atoms with E-state index in [0.29, 0.717) is 5.69 Å². The molecule has 0 saturated carbocycles. The van der Waals surface area contributed by atoms with Crippen molar-refractivity contribution in [3.05, 3.63) is 51.3 Å². The van der Waals surface area contributed by atoms with Crippen LogP contribution in [0.4, 0.5) is 11.4 Å². The molecule has 20 heavy (non-hydrogen) atoms. The molecule has 1 unspecified atom stereocenters. The van der Waals surface area contributed by atoms with E-state index in [-0.39, 0.29) is 16.7 Å². The van der Waals surface area contributed by atoms with Gasteiger partial charge in [-0.2, -0.15) is 5.10 Å². The molecular formula is C14H18N4O2. The summed E-state index contributed by atoms with van der Waals surface area (Å²) in [6, 6.07) is 5.25. The average molecular weight is 274 g/mol. The van der Waals surface area contributed by atoms with Crippen molar-refractivity contribution >= 4 is 11.4 Å². The molecule has 6 heteroatoms. The third-order valence-electron chi connectivity index (χ3n) is 3.48. The molecule has 0 aliphatic rings. The van der Waals surface area contributed by atoms with Crippen molar-refractivity contribution < 1.29 is 4.92 Å². The Labute approximate surface area is 117 Å². The fourth-order valence-electron chi connectivity index (χ4n) is 2.18. The maximum absolute atomic E-state index is 11.2. The number of hydrogen-bond donors (Lipinski definition) is 1. The second-order valence-electron chi connectivity index (χ2n) is 4.96. The van der Waals surface area contributed by atoms with Gasteiger partial charge in [0.05, 0.1) is 16.7 Å². The first-order chi connectivity index (χ1) is 9.40. The van der Waals surface area contributed by atoms with Gasteiger partial charge in [0.15, 0.2) is 0 Å². The largest absolute Gasteiger partial charge is 0.371 e. The highest BCUT2D eigenvalue weighted by molar-refractivity contribution is 5.65. The Morgan fingerprint density at radius 3 is 2.55 bits per heavy atom. The molecule has 106 valence electrons. The van der Waals surface area contributed by atoms with Gasteiger partial charge in [0.1, 0.15) is 5.69 Å². The van der Waals surface area contributed by atoms with Crippen LogP contribution >= 0.6 is 0 Å².